The molecule has 0 aliphatic rings. The second kappa shape index (κ2) is 6.29. The van der Waals surface area contributed by atoms with E-state index in [0.717, 1.165) is 24.1 Å². The first-order valence-electron chi connectivity index (χ1n) is 5.44. The monoisotopic (exact) mass is 277 g/mol. The average Bonchev–Trinajstić information content (AvgIpc) is 2.43. The van der Waals surface area contributed by atoms with Gasteiger partial charge in [0.05, 0.1) is 23.3 Å². The van der Waals surface area contributed by atoms with E-state index in [4.69, 9.17) is 5.26 Å². The van der Waals surface area contributed by atoms with Gasteiger partial charge < -0.3 is 4.74 Å². The molecule has 0 radical (unpaired) electrons. The zero-order chi connectivity index (χ0) is 15.3. The lowest BCUT2D eigenvalue weighted by Crippen LogP contribution is -2.35. The third kappa shape index (κ3) is 3.29. The van der Waals surface area contributed by atoms with Crippen molar-refractivity contribution in [3.8, 4) is 6.07 Å². The summed E-state index contributed by atoms with van der Waals surface area (Å²) in [6.07, 6.45) is 0. The van der Waals surface area contributed by atoms with Gasteiger partial charge in [0.15, 0.2) is 0 Å². The van der Waals surface area contributed by atoms with Gasteiger partial charge in [-0.3, -0.25) is 24.6 Å². The molecule has 0 heterocycles. The first kappa shape index (κ1) is 15.1. The van der Waals surface area contributed by atoms with E-state index in [1.54, 1.807) is 0 Å². The number of non-ortho nitro benzene ring substituents is 1. The molecule has 0 aliphatic carbocycles. The van der Waals surface area contributed by atoms with Crippen LogP contribution in [0.4, 0.5) is 11.4 Å². The molecule has 0 saturated heterocycles. The molecule has 0 aliphatic heterocycles. The van der Waals surface area contributed by atoms with Crippen molar-refractivity contribution in [3.63, 3.8) is 0 Å². The number of nitriles is 1. The minimum Gasteiger partial charge on any atom is -0.468 e. The number of nitro benzene ring substituents is 1. The number of hydrogen-bond acceptors (Lipinski definition) is 6. The van der Waals surface area contributed by atoms with Crippen LogP contribution < -0.4 is 4.90 Å². The fourth-order valence-corrected chi connectivity index (χ4v) is 1.51. The maximum atomic E-state index is 11.6. The van der Waals surface area contributed by atoms with Gasteiger partial charge in [0.2, 0.25) is 5.91 Å². The molecule has 8 nitrogen and oxygen atoms in total. The van der Waals surface area contributed by atoms with Crippen molar-refractivity contribution >= 4 is 23.3 Å². The number of hydrogen-bond donors (Lipinski definition) is 0. The number of benzene rings is 1. The maximum Gasteiger partial charge on any atom is 0.325 e. The van der Waals surface area contributed by atoms with Crippen LogP contribution in [0.5, 0.6) is 0 Å². The van der Waals surface area contributed by atoms with Crippen molar-refractivity contribution in [2.24, 2.45) is 0 Å². The second-order valence-corrected chi connectivity index (χ2v) is 3.75. The van der Waals surface area contributed by atoms with Crippen molar-refractivity contribution < 1.29 is 19.2 Å². The summed E-state index contributed by atoms with van der Waals surface area (Å²) in [5.74, 6) is -1.23. The van der Waals surface area contributed by atoms with Crippen LogP contribution in [0.1, 0.15) is 12.5 Å². The van der Waals surface area contributed by atoms with E-state index in [0.29, 0.717) is 0 Å². The standard InChI is InChI=1S/C12H11N3O5/c1-8(16)14(7-12(17)20-2)11-5-10(15(18)19)4-3-9(11)6-13/h3-5H,7H2,1-2H3. The number of carbonyl (C=O) groups is 2. The molecule has 0 saturated carbocycles. The second-order valence-electron chi connectivity index (χ2n) is 3.75. The molecule has 1 aromatic rings. The number of amides is 1. The van der Waals surface area contributed by atoms with E-state index in [9.17, 15) is 19.7 Å². The van der Waals surface area contributed by atoms with Gasteiger partial charge in [-0.25, -0.2) is 0 Å². The number of ether oxygens (including phenoxy) is 1. The Balaban J connectivity index is 3.34. The highest BCUT2D eigenvalue weighted by Crippen LogP contribution is 2.26. The lowest BCUT2D eigenvalue weighted by atomic mass is 10.1. The number of carbonyl (C=O) groups excluding carboxylic acids is 2. The highest BCUT2D eigenvalue weighted by Gasteiger charge is 2.21. The molecular weight excluding hydrogens is 266 g/mol. The maximum absolute atomic E-state index is 11.6. The number of nitro groups is 1. The van der Waals surface area contributed by atoms with E-state index in [1.807, 2.05) is 6.07 Å². The Morgan fingerprint density at radius 3 is 2.60 bits per heavy atom. The van der Waals surface area contributed by atoms with Gasteiger partial charge in [0.25, 0.3) is 5.69 Å². The Bertz CT molecular complexity index is 606. The van der Waals surface area contributed by atoms with Crippen LogP contribution in [0.25, 0.3) is 0 Å². The number of anilines is 1. The fraction of sp³-hybridized carbons (Fsp3) is 0.250. The molecule has 104 valence electrons. The van der Waals surface area contributed by atoms with E-state index in [1.165, 1.54) is 13.0 Å². The molecule has 0 atom stereocenters. The van der Waals surface area contributed by atoms with Crippen LogP contribution in [0.2, 0.25) is 0 Å². The summed E-state index contributed by atoms with van der Waals surface area (Å²) in [5.41, 5.74) is -0.232. The van der Waals surface area contributed by atoms with Crippen LogP contribution in [-0.4, -0.2) is 30.5 Å². The molecule has 0 fully saturated rings. The number of esters is 1. The highest BCUT2D eigenvalue weighted by molar-refractivity contribution is 5.97. The van der Waals surface area contributed by atoms with Crippen molar-refractivity contribution in [1.29, 1.82) is 5.26 Å². The molecular formula is C12H11N3O5. The Morgan fingerprint density at radius 2 is 2.15 bits per heavy atom. The lowest BCUT2D eigenvalue weighted by molar-refractivity contribution is -0.384. The smallest absolute Gasteiger partial charge is 0.325 e. The third-order valence-electron chi connectivity index (χ3n) is 2.50. The Labute approximate surface area is 114 Å². The highest BCUT2D eigenvalue weighted by atomic mass is 16.6. The van der Waals surface area contributed by atoms with Gasteiger partial charge in [-0.05, 0) is 6.07 Å². The lowest BCUT2D eigenvalue weighted by Gasteiger charge is -2.20. The Morgan fingerprint density at radius 1 is 1.50 bits per heavy atom. The van der Waals surface area contributed by atoms with Crippen LogP contribution in [-0.2, 0) is 14.3 Å². The average molecular weight is 277 g/mol. The van der Waals surface area contributed by atoms with E-state index < -0.39 is 23.3 Å². The molecule has 0 spiro atoms. The third-order valence-corrected chi connectivity index (χ3v) is 2.50. The SMILES string of the molecule is COC(=O)CN(C(C)=O)c1cc([N+](=O)[O-])ccc1C#N. The Hall–Kier alpha value is -2.95. The van der Waals surface area contributed by atoms with Gasteiger partial charge in [-0.2, -0.15) is 5.26 Å². The van der Waals surface area contributed by atoms with Crippen molar-refractivity contribution in [1.82, 2.24) is 0 Å². The van der Waals surface area contributed by atoms with Gasteiger partial charge in [0.1, 0.15) is 12.6 Å². The molecule has 0 unspecified atom stereocenters. The topological polar surface area (TPSA) is 114 Å². The largest absolute Gasteiger partial charge is 0.468 e. The molecule has 1 aromatic carbocycles. The van der Waals surface area contributed by atoms with Gasteiger partial charge >= 0.3 is 5.97 Å². The van der Waals surface area contributed by atoms with Crippen LogP contribution >= 0.6 is 0 Å². The van der Waals surface area contributed by atoms with E-state index in [-0.39, 0.29) is 16.9 Å². The zero-order valence-electron chi connectivity index (χ0n) is 10.8. The summed E-state index contributed by atoms with van der Waals surface area (Å²) in [7, 11) is 1.15. The Kier molecular flexibility index (Phi) is 4.75. The van der Waals surface area contributed by atoms with Crippen molar-refractivity contribution in [3.05, 3.63) is 33.9 Å². The molecule has 1 rings (SSSR count). The van der Waals surface area contributed by atoms with E-state index >= 15 is 0 Å². The van der Waals surface area contributed by atoms with Crippen LogP contribution in [0, 0.1) is 21.4 Å². The minimum absolute atomic E-state index is 0.000370. The van der Waals surface area contributed by atoms with Crippen molar-refractivity contribution in [2.45, 2.75) is 6.92 Å². The van der Waals surface area contributed by atoms with Crippen molar-refractivity contribution in [2.75, 3.05) is 18.6 Å². The molecule has 0 aromatic heterocycles. The molecule has 0 bridgehead atoms. The van der Waals surface area contributed by atoms with Gasteiger partial charge in [-0.15, -0.1) is 0 Å². The molecule has 20 heavy (non-hydrogen) atoms. The summed E-state index contributed by atoms with van der Waals surface area (Å²) >= 11 is 0. The quantitative estimate of drug-likeness (QED) is 0.460. The molecule has 0 N–H and O–H groups in total. The van der Waals surface area contributed by atoms with Gasteiger partial charge in [0, 0.05) is 19.1 Å². The summed E-state index contributed by atoms with van der Waals surface area (Å²) in [6, 6.07) is 5.27. The van der Waals surface area contributed by atoms with Crippen LogP contribution in [0.3, 0.4) is 0 Å². The first-order valence-corrected chi connectivity index (χ1v) is 5.44. The summed E-state index contributed by atoms with van der Waals surface area (Å²) in [5, 5.41) is 19.7. The normalized spacial score (nSPS) is 9.45. The first-order chi connectivity index (χ1) is 9.40. The minimum atomic E-state index is -0.699. The molecule has 1 amide bonds. The number of methoxy groups -OCH3 is 1. The van der Waals surface area contributed by atoms with Gasteiger partial charge in [-0.1, -0.05) is 0 Å². The predicted molar refractivity (Wildman–Crippen MR) is 67.9 cm³/mol. The summed E-state index contributed by atoms with van der Waals surface area (Å²) < 4.78 is 4.45. The van der Waals surface area contributed by atoms with Crippen LogP contribution in [0.15, 0.2) is 18.2 Å². The summed E-state index contributed by atoms with van der Waals surface area (Å²) in [6.45, 7) is 0.755. The fourth-order valence-electron chi connectivity index (χ4n) is 1.51. The predicted octanol–water partition coefficient (Wildman–Crippen LogP) is 0.992. The number of rotatable bonds is 4. The summed E-state index contributed by atoms with van der Waals surface area (Å²) in [4.78, 5) is 33.9. The molecule has 8 heteroatoms. The van der Waals surface area contributed by atoms with E-state index in [2.05, 4.69) is 4.74 Å². The zero-order valence-corrected chi connectivity index (χ0v) is 10.8. The number of nitrogens with zero attached hydrogens (tertiary/aromatic N) is 3.